The van der Waals surface area contributed by atoms with Gasteiger partial charge in [-0.05, 0) is 12.1 Å². The van der Waals surface area contributed by atoms with Crippen LogP contribution in [0.2, 0.25) is 0 Å². The van der Waals surface area contributed by atoms with Crippen molar-refractivity contribution in [1.29, 1.82) is 0 Å². The maximum Gasteiger partial charge on any atom is 0.269 e. The lowest BCUT2D eigenvalue weighted by Gasteiger charge is -2.26. The lowest BCUT2D eigenvalue weighted by molar-refractivity contribution is -0.384. The van der Waals surface area contributed by atoms with Crippen LogP contribution in [-0.2, 0) is 0 Å². The molecule has 1 amide bonds. The van der Waals surface area contributed by atoms with E-state index in [4.69, 9.17) is 0 Å². The number of nitro benzene ring substituents is 1. The molecule has 0 aromatic heterocycles. The lowest BCUT2D eigenvalue weighted by Crippen LogP contribution is -2.49. The lowest BCUT2D eigenvalue weighted by atomic mass is 10.1. The van der Waals surface area contributed by atoms with Crippen molar-refractivity contribution in [3.05, 3.63) is 39.9 Å². The summed E-state index contributed by atoms with van der Waals surface area (Å²) in [5, 5.41) is 16.1. The number of nitro groups is 1. The monoisotopic (exact) mass is 267 g/mol. The van der Waals surface area contributed by atoms with Crippen molar-refractivity contribution in [3.63, 3.8) is 0 Å². The van der Waals surface area contributed by atoms with E-state index in [1.807, 2.05) is 0 Å². The number of rotatable bonds is 3. The van der Waals surface area contributed by atoms with Crippen molar-refractivity contribution in [2.24, 2.45) is 0 Å². The van der Waals surface area contributed by atoms with Gasteiger partial charge in [0.25, 0.3) is 11.6 Å². The molecule has 6 nitrogen and oxygen atoms in total. The summed E-state index contributed by atoms with van der Waals surface area (Å²) < 4.78 is 13.1. The van der Waals surface area contributed by atoms with Crippen molar-refractivity contribution >= 4 is 11.6 Å². The third-order valence-corrected chi connectivity index (χ3v) is 2.97. The summed E-state index contributed by atoms with van der Waals surface area (Å²) in [6.07, 6.45) is -0.679. The molecule has 0 saturated carbocycles. The highest BCUT2D eigenvalue weighted by molar-refractivity contribution is 5.94. The first-order valence-corrected chi connectivity index (χ1v) is 5.96. The fraction of sp³-hybridized carbons (Fsp3) is 0.417. The summed E-state index contributed by atoms with van der Waals surface area (Å²) in [5.74, 6) is -0.351. The van der Waals surface area contributed by atoms with E-state index in [1.54, 1.807) is 0 Å². The molecular formula is C12H14FN3O3. The van der Waals surface area contributed by atoms with Crippen LogP contribution in [0.25, 0.3) is 0 Å². The molecule has 7 heteroatoms. The zero-order valence-corrected chi connectivity index (χ0v) is 10.1. The molecule has 2 N–H and O–H groups in total. The molecule has 1 aliphatic rings. The first-order chi connectivity index (χ1) is 9.06. The van der Waals surface area contributed by atoms with Gasteiger partial charge in [0.1, 0.15) is 6.17 Å². The van der Waals surface area contributed by atoms with Gasteiger partial charge in [-0.15, -0.1) is 0 Å². The third kappa shape index (κ3) is 3.47. The normalized spacial score (nSPS) is 22.8. The zero-order valence-electron chi connectivity index (χ0n) is 10.1. The Kier molecular flexibility index (Phi) is 4.06. The van der Waals surface area contributed by atoms with Gasteiger partial charge in [-0.3, -0.25) is 14.9 Å². The van der Waals surface area contributed by atoms with Crippen LogP contribution in [0.15, 0.2) is 24.3 Å². The van der Waals surface area contributed by atoms with E-state index in [1.165, 1.54) is 24.3 Å². The summed E-state index contributed by atoms with van der Waals surface area (Å²) >= 11 is 0. The molecule has 1 aromatic rings. The van der Waals surface area contributed by atoms with E-state index in [2.05, 4.69) is 10.6 Å². The van der Waals surface area contributed by atoms with Crippen LogP contribution >= 0.6 is 0 Å². The topological polar surface area (TPSA) is 84.3 Å². The van der Waals surface area contributed by atoms with E-state index in [0.717, 1.165) is 0 Å². The predicted molar refractivity (Wildman–Crippen MR) is 66.7 cm³/mol. The molecule has 0 bridgehead atoms. The molecule has 2 atom stereocenters. The van der Waals surface area contributed by atoms with Crippen LogP contribution in [-0.4, -0.2) is 36.1 Å². The van der Waals surface area contributed by atoms with Crippen molar-refractivity contribution in [3.8, 4) is 0 Å². The maximum absolute atomic E-state index is 13.1. The molecule has 102 valence electrons. The van der Waals surface area contributed by atoms with Gasteiger partial charge in [-0.25, -0.2) is 4.39 Å². The van der Waals surface area contributed by atoms with Crippen LogP contribution in [0.1, 0.15) is 16.8 Å². The Bertz CT molecular complexity index is 478. The highest BCUT2D eigenvalue weighted by atomic mass is 19.1. The van der Waals surface area contributed by atoms with Crippen molar-refractivity contribution in [2.75, 3.05) is 13.1 Å². The van der Waals surface area contributed by atoms with E-state index < -0.39 is 11.1 Å². The molecule has 0 radical (unpaired) electrons. The summed E-state index contributed by atoms with van der Waals surface area (Å²) in [4.78, 5) is 21.8. The summed E-state index contributed by atoms with van der Waals surface area (Å²) in [6, 6.07) is 5.05. The maximum atomic E-state index is 13.1. The first kappa shape index (κ1) is 13.4. The van der Waals surface area contributed by atoms with Crippen LogP contribution in [0, 0.1) is 10.1 Å². The van der Waals surface area contributed by atoms with E-state index in [9.17, 15) is 19.3 Å². The largest absolute Gasteiger partial charge is 0.348 e. The smallest absolute Gasteiger partial charge is 0.269 e. The second-order valence-electron chi connectivity index (χ2n) is 4.47. The Morgan fingerprint density at radius 3 is 2.63 bits per heavy atom. The minimum atomic E-state index is -0.962. The van der Waals surface area contributed by atoms with Gasteiger partial charge in [-0.1, -0.05) is 0 Å². The quantitative estimate of drug-likeness (QED) is 0.632. The molecule has 2 rings (SSSR count). The van der Waals surface area contributed by atoms with Gasteiger partial charge in [0.2, 0.25) is 0 Å². The minimum absolute atomic E-state index is 0.0697. The van der Waals surface area contributed by atoms with Crippen molar-refractivity contribution < 1.29 is 14.1 Å². The molecular weight excluding hydrogens is 253 g/mol. The Balaban J connectivity index is 1.97. The first-order valence-electron chi connectivity index (χ1n) is 5.96. The van der Waals surface area contributed by atoms with Gasteiger partial charge in [0.15, 0.2) is 0 Å². The second kappa shape index (κ2) is 5.75. The van der Waals surface area contributed by atoms with Gasteiger partial charge in [-0.2, -0.15) is 0 Å². The number of piperidine rings is 1. The SMILES string of the molecule is O=C(N[C@@H]1CNC[C@H](F)C1)c1ccc([N+](=O)[O-])cc1. The number of nitrogens with zero attached hydrogens (tertiary/aromatic N) is 1. The van der Waals surface area contributed by atoms with E-state index in [0.29, 0.717) is 18.7 Å². The van der Waals surface area contributed by atoms with Crippen LogP contribution < -0.4 is 10.6 Å². The van der Waals surface area contributed by atoms with Crippen molar-refractivity contribution in [2.45, 2.75) is 18.6 Å². The Morgan fingerprint density at radius 2 is 2.05 bits per heavy atom. The highest BCUT2D eigenvalue weighted by Gasteiger charge is 2.22. The molecule has 1 aliphatic heterocycles. The average molecular weight is 267 g/mol. The Morgan fingerprint density at radius 1 is 1.37 bits per heavy atom. The molecule has 0 unspecified atom stereocenters. The number of alkyl halides is 1. The van der Waals surface area contributed by atoms with E-state index >= 15 is 0 Å². The summed E-state index contributed by atoms with van der Waals surface area (Å²) in [7, 11) is 0. The third-order valence-electron chi connectivity index (χ3n) is 2.97. The molecule has 1 heterocycles. The fourth-order valence-corrected chi connectivity index (χ4v) is 2.00. The van der Waals surface area contributed by atoms with Gasteiger partial charge < -0.3 is 10.6 Å². The van der Waals surface area contributed by atoms with Crippen molar-refractivity contribution in [1.82, 2.24) is 10.6 Å². The van der Waals surface area contributed by atoms with Crippen LogP contribution in [0.3, 0.4) is 0 Å². The molecule has 19 heavy (non-hydrogen) atoms. The molecule has 0 spiro atoms. The number of carbonyl (C=O) groups excluding carboxylic acids is 1. The minimum Gasteiger partial charge on any atom is -0.348 e. The van der Waals surface area contributed by atoms with Gasteiger partial charge in [0.05, 0.1) is 4.92 Å². The van der Waals surface area contributed by atoms with Gasteiger partial charge >= 0.3 is 0 Å². The van der Waals surface area contributed by atoms with Crippen LogP contribution in [0.4, 0.5) is 10.1 Å². The Hall–Kier alpha value is -2.02. The van der Waals surface area contributed by atoms with Gasteiger partial charge in [0, 0.05) is 43.2 Å². The highest BCUT2D eigenvalue weighted by Crippen LogP contribution is 2.13. The number of carbonyl (C=O) groups is 1. The molecule has 1 saturated heterocycles. The van der Waals surface area contributed by atoms with E-state index in [-0.39, 0.29) is 24.1 Å². The number of halogens is 1. The zero-order chi connectivity index (χ0) is 13.8. The number of benzene rings is 1. The predicted octanol–water partition coefficient (Wildman–Crippen LogP) is 1.02. The average Bonchev–Trinajstić information content (AvgIpc) is 2.39. The summed E-state index contributed by atoms with van der Waals surface area (Å²) in [5.41, 5.74) is 0.256. The number of non-ortho nitro benzene ring substituents is 1. The Labute approximate surface area is 109 Å². The molecule has 0 aliphatic carbocycles. The number of hydrogen-bond acceptors (Lipinski definition) is 4. The number of amides is 1. The molecule has 1 fully saturated rings. The molecule has 1 aromatic carbocycles. The second-order valence-corrected chi connectivity index (χ2v) is 4.47. The standard InChI is InChI=1S/C12H14FN3O3/c13-9-5-10(7-14-6-9)15-12(17)8-1-3-11(4-2-8)16(18)19/h1-4,9-10,14H,5-7H2,(H,15,17)/t9-,10+/m1/s1. The summed E-state index contributed by atoms with van der Waals surface area (Å²) in [6.45, 7) is 0.836. The van der Waals surface area contributed by atoms with Crippen LogP contribution in [0.5, 0.6) is 0 Å². The number of hydrogen-bond donors (Lipinski definition) is 2. The fourth-order valence-electron chi connectivity index (χ4n) is 2.00. The number of nitrogens with one attached hydrogen (secondary N) is 2.